The monoisotopic (exact) mass is 419 g/mol. The van der Waals surface area contributed by atoms with Crippen molar-refractivity contribution in [2.45, 2.75) is 53.2 Å². The van der Waals surface area contributed by atoms with Gasteiger partial charge in [0.15, 0.2) is 6.10 Å². The van der Waals surface area contributed by atoms with Gasteiger partial charge in [0, 0.05) is 0 Å². The topological polar surface area (TPSA) is 74.7 Å². The van der Waals surface area contributed by atoms with E-state index < -0.39 is 23.6 Å². The average molecular weight is 420 g/mol. The molecule has 1 aromatic rings. The lowest BCUT2D eigenvalue weighted by Gasteiger charge is -2.27. The molecule has 152 valence electrons. The summed E-state index contributed by atoms with van der Waals surface area (Å²) in [6, 6.07) is 2.96. The van der Waals surface area contributed by atoms with Crippen molar-refractivity contribution >= 4 is 35.1 Å². The number of esters is 2. The third-order valence-electron chi connectivity index (χ3n) is 3.55. The number of ether oxygens (including phenoxy) is 3. The number of rotatable bonds is 8. The lowest BCUT2D eigenvalue weighted by Crippen LogP contribution is -2.34. The Morgan fingerprint density at radius 2 is 1.67 bits per heavy atom. The van der Waals surface area contributed by atoms with Gasteiger partial charge in [-0.3, -0.25) is 4.79 Å². The Kier molecular flexibility index (Phi) is 8.99. The number of nitrogens with zero attached hydrogens (tertiary/aromatic N) is 1. The predicted octanol–water partition coefficient (Wildman–Crippen LogP) is 4.62. The molecule has 1 aromatic heterocycles. The lowest BCUT2D eigenvalue weighted by molar-refractivity contribution is -0.170. The van der Waals surface area contributed by atoms with Gasteiger partial charge in [0.1, 0.15) is 15.9 Å². The van der Waals surface area contributed by atoms with Gasteiger partial charge >= 0.3 is 11.9 Å². The molecule has 27 heavy (non-hydrogen) atoms. The molecule has 0 saturated heterocycles. The first-order valence-electron chi connectivity index (χ1n) is 8.78. The van der Waals surface area contributed by atoms with Crippen LogP contribution in [0.1, 0.15) is 53.2 Å². The Balaban J connectivity index is 3.03. The Labute approximate surface area is 170 Å². The highest BCUT2D eigenvalue weighted by Gasteiger charge is 2.31. The van der Waals surface area contributed by atoms with E-state index in [1.165, 1.54) is 12.1 Å². The van der Waals surface area contributed by atoms with E-state index >= 15 is 0 Å². The van der Waals surface area contributed by atoms with Gasteiger partial charge in [-0.1, -0.05) is 37.0 Å². The highest BCUT2D eigenvalue weighted by molar-refractivity contribution is 6.32. The normalized spacial score (nSPS) is 14.0. The number of carbonyl (C=O) groups excluding carboxylic acids is 2. The van der Waals surface area contributed by atoms with Gasteiger partial charge in [-0.2, -0.15) is 0 Å². The first-order valence-corrected chi connectivity index (χ1v) is 9.54. The van der Waals surface area contributed by atoms with Gasteiger partial charge in [-0.15, -0.1) is 0 Å². The van der Waals surface area contributed by atoms with Crippen LogP contribution in [0, 0.1) is 11.8 Å². The molecule has 2 atom stereocenters. The van der Waals surface area contributed by atoms with Crippen molar-refractivity contribution in [3.8, 4) is 0 Å². The summed E-state index contributed by atoms with van der Waals surface area (Å²) in [7, 11) is 0. The fourth-order valence-electron chi connectivity index (χ4n) is 2.26. The maximum absolute atomic E-state index is 12.5. The average Bonchev–Trinajstić information content (AvgIpc) is 2.48. The van der Waals surface area contributed by atoms with E-state index in [1.54, 1.807) is 27.7 Å². The van der Waals surface area contributed by atoms with Crippen LogP contribution in [0.2, 0.25) is 10.3 Å². The smallest absolute Gasteiger partial charge is 0.339 e. The second-order valence-electron chi connectivity index (χ2n) is 7.40. The molecule has 0 spiro atoms. The Morgan fingerprint density at radius 3 is 2.11 bits per heavy atom. The second kappa shape index (κ2) is 10.2. The molecule has 0 bridgehead atoms. The van der Waals surface area contributed by atoms with E-state index in [-0.39, 0.29) is 35.4 Å². The molecule has 6 nitrogen and oxygen atoms in total. The van der Waals surface area contributed by atoms with Gasteiger partial charge in [-0.05, 0) is 51.3 Å². The maximum atomic E-state index is 12.5. The number of aromatic nitrogens is 1. The van der Waals surface area contributed by atoms with Crippen molar-refractivity contribution in [1.82, 2.24) is 4.98 Å². The van der Waals surface area contributed by atoms with Crippen LogP contribution >= 0.6 is 23.2 Å². The summed E-state index contributed by atoms with van der Waals surface area (Å²) in [5, 5.41) is 0.255. The van der Waals surface area contributed by atoms with Gasteiger partial charge in [0.2, 0.25) is 0 Å². The summed E-state index contributed by atoms with van der Waals surface area (Å²) >= 11 is 11.9. The molecule has 0 amide bonds. The third kappa shape index (κ3) is 8.03. The molecule has 0 aromatic carbocycles. The zero-order chi connectivity index (χ0) is 20.8. The highest BCUT2D eigenvalue weighted by atomic mass is 35.5. The molecule has 0 saturated carbocycles. The predicted molar refractivity (Wildman–Crippen MR) is 104 cm³/mol. The van der Waals surface area contributed by atoms with Crippen LogP contribution in [0.15, 0.2) is 12.1 Å². The molecule has 0 N–H and O–H groups in total. The van der Waals surface area contributed by atoms with Crippen LogP contribution in [0.3, 0.4) is 0 Å². The molecule has 0 aliphatic heterocycles. The number of hydrogen-bond donors (Lipinski definition) is 0. The summed E-state index contributed by atoms with van der Waals surface area (Å²) in [5.74, 6) is -1.57. The summed E-state index contributed by atoms with van der Waals surface area (Å²) in [4.78, 5) is 28.7. The van der Waals surface area contributed by atoms with Crippen molar-refractivity contribution in [3.05, 3.63) is 28.0 Å². The number of carbonyl (C=O) groups is 2. The summed E-state index contributed by atoms with van der Waals surface area (Å²) < 4.78 is 16.3. The van der Waals surface area contributed by atoms with Crippen molar-refractivity contribution in [2.24, 2.45) is 11.8 Å². The van der Waals surface area contributed by atoms with Gasteiger partial charge in [0.05, 0.1) is 19.1 Å². The highest BCUT2D eigenvalue weighted by Crippen LogP contribution is 2.27. The van der Waals surface area contributed by atoms with Gasteiger partial charge < -0.3 is 14.2 Å². The standard InChI is InChI=1S/C19H27Cl2NO5/c1-7-25-18(24)16(12-8-14(20)22-15(21)9-12)26-10-13(11(2)3)17(23)27-19(4,5)6/h8-9,11,13,16H,7,10H2,1-6H3/t13-,16?/m0/s1. The molecule has 8 heteroatoms. The molecule has 0 radical (unpaired) electrons. The molecule has 1 heterocycles. The van der Waals surface area contributed by atoms with Crippen molar-refractivity contribution in [1.29, 1.82) is 0 Å². The SMILES string of the molecule is CCOC(=O)C(OC[C@H](C(=O)OC(C)(C)C)C(C)C)c1cc(Cl)nc(Cl)c1. The van der Waals surface area contributed by atoms with Crippen LogP contribution in [0.25, 0.3) is 0 Å². The van der Waals surface area contributed by atoms with E-state index in [1.807, 2.05) is 13.8 Å². The lowest BCUT2D eigenvalue weighted by atomic mass is 9.96. The molecular weight excluding hydrogens is 393 g/mol. The zero-order valence-electron chi connectivity index (χ0n) is 16.5. The van der Waals surface area contributed by atoms with E-state index in [4.69, 9.17) is 37.4 Å². The Hall–Kier alpha value is -1.37. The quantitative estimate of drug-likeness (QED) is 0.451. The molecule has 1 rings (SSSR count). The van der Waals surface area contributed by atoms with E-state index in [0.717, 1.165) is 0 Å². The molecule has 0 aliphatic rings. The second-order valence-corrected chi connectivity index (χ2v) is 8.17. The summed E-state index contributed by atoms with van der Waals surface area (Å²) in [6.07, 6.45) is -1.08. The minimum Gasteiger partial charge on any atom is -0.464 e. The molecular formula is C19H27Cl2NO5. The summed E-state index contributed by atoms with van der Waals surface area (Å²) in [6.45, 7) is 11.0. The molecule has 0 aliphatic carbocycles. The third-order valence-corrected chi connectivity index (χ3v) is 3.93. The summed E-state index contributed by atoms with van der Waals surface area (Å²) in [5.41, 5.74) is -0.207. The van der Waals surface area contributed by atoms with E-state index in [2.05, 4.69) is 4.98 Å². The number of hydrogen-bond acceptors (Lipinski definition) is 6. The fourth-order valence-corrected chi connectivity index (χ4v) is 2.74. The molecule has 0 fully saturated rings. The Morgan fingerprint density at radius 1 is 1.11 bits per heavy atom. The first kappa shape index (κ1) is 23.7. The zero-order valence-corrected chi connectivity index (χ0v) is 18.1. The van der Waals surface area contributed by atoms with Crippen LogP contribution in [-0.2, 0) is 23.8 Å². The largest absolute Gasteiger partial charge is 0.464 e. The van der Waals surface area contributed by atoms with Crippen molar-refractivity contribution in [3.63, 3.8) is 0 Å². The number of pyridine rings is 1. The van der Waals surface area contributed by atoms with E-state index in [0.29, 0.717) is 5.56 Å². The minimum absolute atomic E-state index is 0.0202. The van der Waals surface area contributed by atoms with Gasteiger partial charge in [-0.25, -0.2) is 9.78 Å². The van der Waals surface area contributed by atoms with Gasteiger partial charge in [0.25, 0.3) is 0 Å². The van der Waals surface area contributed by atoms with E-state index in [9.17, 15) is 9.59 Å². The number of halogens is 2. The van der Waals surface area contributed by atoms with Crippen molar-refractivity contribution in [2.75, 3.05) is 13.2 Å². The van der Waals surface area contributed by atoms with Crippen LogP contribution in [0.5, 0.6) is 0 Å². The fraction of sp³-hybridized carbons (Fsp3) is 0.632. The first-order chi connectivity index (χ1) is 12.4. The van der Waals surface area contributed by atoms with Crippen LogP contribution in [0.4, 0.5) is 0 Å². The molecule has 1 unspecified atom stereocenters. The minimum atomic E-state index is -1.08. The Bertz CT molecular complexity index is 638. The maximum Gasteiger partial charge on any atom is 0.339 e. The van der Waals surface area contributed by atoms with Crippen LogP contribution in [-0.4, -0.2) is 35.7 Å². The van der Waals surface area contributed by atoms with Crippen LogP contribution < -0.4 is 0 Å². The van der Waals surface area contributed by atoms with Crippen molar-refractivity contribution < 1.29 is 23.8 Å².